The van der Waals surface area contributed by atoms with Crippen LogP contribution in [0.5, 0.6) is 0 Å². The Balaban J connectivity index is 1.78. The Hall–Kier alpha value is -1.97. The van der Waals surface area contributed by atoms with Gasteiger partial charge in [-0.1, -0.05) is 0 Å². The molecular formula is C16H20N4O3S2. The van der Waals surface area contributed by atoms with Gasteiger partial charge in [-0.05, 0) is 39.3 Å². The fraction of sp³-hybridized carbons (Fsp3) is 0.375. The van der Waals surface area contributed by atoms with Gasteiger partial charge in [0.05, 0.1) is 11.2 Å². The first-order valence-electron chi connectivity index (χ1n) is 7.77. The molecule has 25 heavy (non-hydrogen) atoms. The molecule has 0 saturated carbocycles. The van der Waals surface area contributed by atoms with Gasteiger partial charge in [0, 0.05) is 29.7 Å². The van der Waals surface area contributed by atoms with Gasteiger partial charge in [0.1, 0.15) is 5.69 Å². The minimum atomic E-state index is -3.69. The first-order valence-corrected chi connectivity index (χ1v) is 10.1. The summed E-state index contributed by atoms with van der Waals surface area (Å²) >= 11 is 1.54. The van der Waals surface area contributed by atoms with Gasteiger partial charge < -0.3 is 4.42 Å². The summed E-state index contributed by atoms with van der Waals surface area (Å²) in [5.74, 6) is 0.437. The molecule has 0 saturated heterocycles. The number of nitrogens with one attached hydrogen (secondary N) is 1. The molecule has 0 fully saturated rings. The molecule has 1 N–H and O–H groups in total. The summed E-state index contributed by atoms with van der Waals surface area (Å²) in [6, 6.07) is 3.11. The lowest BCUT2D eigenvalue weighted by atomic mass is 10.2. The highest BCUT2D eigenvalue weighted by Gasteiger charge is 2.26. The average molecular weight is 380 g/mol. The third kappa shape index (κ3) is 3.39. The summed E-state index contributed by atoms with van der Waals surface area (Å²) in [5, 5.41) is 6.97. The molecule has 3 rings (SSSR count). The van der Waals surface area contributed by atoms with E-state index in [-0.39, 0.29) is 5.09 Å². The van der Waals surface area contributed by atoms with Crippen molar-refractivity contribution in [1.82, 2.24) is 19.5 Å². The van der Waals surface area contributed by atoms with E-state index in [1.807, 2.05) is 20.8 Å². The monoisotopic (exact) mass is 380 g/mol. The number of nitrogens with zero attached hydrogens (tertiary/aromatic N) is 3. The average Bonchev–Trinajstić information content (AvgIpc) is 3.28. The van der Waals surface area contributed by atoms with Crippen LogP contribution in [0.1, 0.15) is 21.8 Å². The minimum absolute atomic E-state index is 0.0777. The van der Waals surface area contributed by atoms with Crippen LogP contribution >= 0.6 is 11.3 Å². The number of thiazole rings is 1. The minimum Gasteiger partial charge on any atom is -0.442 e. The normalized spacial score (nSPS) is 12.2. The predicted molar refractivity (Wildman–Crippen MR) is 96.1 cm³/mol. The van der Waals surface area contributed by atoms with Crippen molar-refractivity contribution in [3.05, 3.63) is 39.5 Å². The molecule has 3 aromatic rings. The van der Waals surface area contributed by atoms with Gasteiger partial charge in [0.25, 0.3) is 10.0 Å². The SMILES string of the molecule is Cc1ncsc1CCN(C)S(=O)(=O)c1ccc(-c2n[nH]c(C)c2C)o1. The molecule has 0 atom stereocenters. The second kappa shape index (κ2) is 6.74. The first kappa shape index (κ1) is 17.8. The van der Waals surface area contributed by atoms with Crippen LogP contribution < -0.4 is 0 Å². The second-order valence-electron chi connectivity index (χ2n) is 5.88. The highest BCUT2D eigenvalue weighted by molar-refractivity contribution is 7.89. The Kier molecular flexibility index (Phi) is 4.81. The zero-order valence-corrected chi connectivity index (χ0v) is 16.2. The summed E-state index contributed by atoms with van der Waals surface area (Å²) in [7, 11) is -2.13. The quantitative estimate of drug-likeness (QED) is 0.710. The topological polar surface area (TPSA) is 92.1 Å². The maximum absolute atomic E-state index is 12.7. The van der Waals surface area contributed by atoms with Gasteiger partial charge in [0.2, 0.25) is 5.09 Å². The summed E-state index contributed by atoms with van der Waals surface area (Å²) in [6.45, 7) is 6.10. The molecule has 0 spiro atoms. The van der Waals surface area contributed by atoms with E-state index in [1.165, 1.54) is 21.7 Å². The number of hydrogen-bond acceptors (Lipinski definition) is 6. The third-order valence-electron chi connectivity index (χ3n) is 4.23. The number of aromatic nitrogens is 3. The van der Waals surface area contributed by atoms with Crippen LogP contribution in [0, 0.1) is 20.8 Å². The van der Waals surface area contributed by atoms with Crippen LogP contribution in [0.4, 0.5) is 0 Å². The fourth-order valence-electron chi connectivity index (χ4n) is 2.41. The van der Waals surface area contributed by atoms with Gasteiger partial charge >= 0.3 is 0 Å². The predicted octanol–water partition coefficient (Wildman–Crippen LogP) is 2.91. The van der Waals surface area contributed by atoms with Crippen LogP contribution in [0.2, 0.25) is 0 Å². The maximum atomic E-state index is 12.7. The lowest BCUT2D eigenvalue weighted by molar-refractivity contribution is 0.416. The summed E-state index contributed by atoms with van der Waals surface area (Å²) in [6.07, 6.45) is 0.622. The molecule has 0 aliphatic heterocycles. The van der Waals surface area contributed by atoms with E-state index in [0.29, 0.717) is 24.4 Å². The molecule has 0 radical (unpaired) electrons. The molecule has 3 heterocycles. The van der Waals surface area contributed by atoms with Crippen LogP contribution in [-0.2, 0) is 16.4 Å². The maximum Gasteiger partial charge on any atom is 0.276 e. The Labute approximate surface area is 150 Å². The smallest absolute Gasteiger partial charge is 0.276 e. The summed E-state index contributed by atoms with van der Waals surface area (Å²) < 4.78 is 32.3. The lowest BCUT2D eigenvalue weighted by Crippen LogP contribution is -2.28. The third-order valence-corrected chi connectivity index (χ3v) is 6.96. The Bertz CT molecular complexity index is 985. The number of furan rings is 1. The van der Waals surface area contributed by atoms with Crippen molar-refractivity contribution in [3.8, 4) is 11.5 Å². The van der Waals surface area contributed by atoms with Crippen molar-refractivity contribution in [2.75, 3.05) is 13.6 Å². The van der Waals surface area contributed by atoms with Gasteiger partial charge in [-0.2, -0.15) is 9.40 Å². The van der Waals surface area contributed by atoms with Crippen molar-refractivity contribution >= 4 is 21.4 Å². The van der Waals surface area contributed by atoms with Crippen LogP contribution in [-0.4, -0.2) is 41.5 Å². The zero-order chi connectivity index (χ0) is 18.2. The number of likely N-dealkylation sites (N-methyl/N-ethyl adjacent to an activating group) is 1. The molecule has 134 valence electrons. The van der Waals surface area contributed by atoms with Gasteiger partial charge in [-0.15, -0.1) is 11.3 Å². The Morgan fingerprint density at radius 1 is 1.28 bits per heavy atom. The van der Waals surface area contributed by atoms with Crippen molar-refractivity contribution in [3.63, 3.8) is 0 Å². The molecule has 9 heteroatoms. The fourth-order valence-corrected chi connectivity index (χ4v) is 4.25. The molecule has 0 amide bonds. The molecule has 0 aliphatic rings. The van der Waals surface area contributed by atoms with E-state index in [9.17, 15) is 8.42 Å². The van der Waals surface area contributed by atoms with Crippen molar-refractivity contribution in [2.24, 2.45) is 0 Å². The van der Waals surface area contributed by atoms with E-state index in [0.717, 1.165) is 21.8 Å². The number of hydrogen-bond donors (Lipinski definition) is 1. The molecule has 0 bridgehead atoms. The van der Waals surface area contributed by atoms with E-state index in [4.69, 9.17) is 4.42 Å². The molecule has 0 unspecified atom stereocenters. The van der Waals surface area contributed by atoms with E-state index >= 15 is 0 Å². The van der Waals surface area contributed by atoms with Crippen molar-refractivity contribution in [1.29, 1.82) is 0 Å². The number of sulfonamides is 1. The van der Waals surface area contributed by atoms with E-state index in [2.05, 4.69) is 15.2 Å². The van der Waals surface area contributed by atoms with E-state index in [1.54, 1.807) is 18.6 Å². The van der Waals surface area contributed by atoms with E-state index < -0.39 is 10.0 Å². The molecular weight excluding hydrogens is 360 g/mol. The highest BCUT2D eigenvalue weighted by Crippen LogP contribution is 2.28. The Morgan fingerprint density at radius 2 is 2.04 bits per heavy atom. The standard InChI is InChI=1S/C16H20N4O3S2/c1-10-11(2)18-19-16(10)13-5-6-15(23-13)25(21,22)20(4)8-7-14-12(3)17-9-24-14/h5-6,9H,7-8H2,1-4H3,(H,18,19). The number of H-pyrrole nitrogens is 1. The number of rotatable bonds is 6. The first-order chi connectivity index (χ1) is 11.8. The number of aromatic amines is 1. The van der Waals surface area contributed by atoms with Gasteiger partial charge in [-0.3, -0.25) is 5.10 Å². The largest absolute Gasteiger partial charge is 0.442 e. The second-order valence-corrected chi connectivity index (χ2v) is 8.79. The van der Waals surface area contributed by atoms with Crippen LogP contribution in [0.15, 0.2) is 27.2 Å². The van der Waals surface area contributed by atoms with Crippen molar-refractivity contribution < 1.29 is 12.8 Å². The zero-order valence-electron chi connectivity index (χ0n) is 14.5. The molecule has 7 nitrogen and oxygen atoms in total. The molecule has 3 aromatic heterocycles. The summed E-state index contributed by atoms with van der Waals surface area (Å²) in [5.41, 5.74) is 5.20. The Morgan fingerprint density at radius 3 is 2.64 bits per heavy atom. The van der Waals surface area contributed by atoms with Crippen LogP contribution in [0.25, 0.3) is 11.5 Å². The molecule has 0 aromatic carbocycles. The lowest BCUT2D eigenvalue weighted by Gasteiger charge is -2.14. The van der Waals surface area contributed by atoms with Gasteiger partial charge in [-0.25, -0.2) is 13.4 Å². The van der Waals surface area contributed by atoms with Gasteiger partial charge in [0.15, 0.2) is 5.76 Å². The van der Waals surface area contributed by atoms with Crippen molar-refractivity contribution in [2.45, 2.75) is 32.3 Å². The number of aryl methyl sites for hydroxylation is 2. The summed E-state index contributed by atoms with van der Waals surface area (Å²) in [4.78, 5) is 5.27. The van der Waals surface area contributed by atoms with Crippen LogP contribution in [0.3, 0.4) is 0 Å². The highest BCUT2D eigenvalue weighted by atomic mass is 32.2. The molecule has 0 aliphatic carbocycles.